The Labute approximate surface area is 219 Å². The SMILES string of the molecule is C=CCCC[C@@H]1CCCCN1c1cc(Cl)c(C#N)cc1NS(=O)(=O)c1cc(C(=O)OC)ccc1Br. The summed E-state index contributed by atoms with van der Waals surface area (Å²) in [6.45, 7) is 4.54. The van der Waals surface area contributed by atoms with Crippen LogP contribution in [0.1, 0.15) is 54.4 Å². The zero-order valence-electron chi connectivity index (χ0n) is 19.4. The molecule has 10 heteroatoms. The molecule has 2 aromatic rings. The minimum absolute atomic E-state index is 0.100. The summed E-state index contributed by atoms with van der Waals surface area (Å²) in [5, 5.41) is 9.79. The van der Waals surface area contributed by atoms with Gasteiger partial charge in [-0.15, -0.1) is 6.58 Å². The molecule has 1 fully saturated rings. The Bertz CT molecular complexity index is 1260. The second-order valence-corrected chi connectivity index (χ2v) is 11.2. The molecule has 0 aliphatic carbocycles. The Morgan fingerprint density at radius 1 is 1.37 bits per heavy atom. The van der Waals surface area contributed by atoms with Crippen molar-refractivity contribution in [3.8, 4) is 6.07 Å². The maximum absolute atomic E-state index is 13.5. The van der Waals surface area contributed by atoms with E-state index in [1.54, 1.807) is 6.07 Å². The lowest BCUT2D eigenvalue weighted by atomic mass is 9.96. The third kappa shape index (κ3) is 6.37. The molecule has 0 saturated carbocycles. The number of carbonyl (C=O) groups is 1. The Morgan fingerprint density at radius 3 is 2.83 bits per heavy atom. The minimum atomic E-state index is -4.14. The molecular formula is C25H27BrClN3O4S. The first-order chi connectivity index (χ1) is 16.7. The smallest absolute Gasteiger partial charge is 0.337 e. The van der Waals surface area contributed by atoms with Gasteiger partial charge in [0, 0.05) is 17.1 Å². The van der Waals surface area contributed by atoms with Crippen LogP contribution in [-0.4, -0.2) is 34.1 Å². The van der Waals surface area contributed by atoms with E-state index < -0.39 is 16.0 Å². The molecule has 1 aliphatic rings. The molecule has 1 heterocycles. The number of carbonyl (C=O) groups excluding carboxylic acids is 1. The number of piperidine rings is 1. The highest BCUT2D eigenvalue weighted by Crippen LogP contribution is 2.38. The first kappa shape index (κ1) is 27.1. The lowest BCUT2D eigenvalue weighted by Crippen LogP contribution is -2.40. The number of hydrogen-bond donors (Lipinski definition) is 1. The number of allylic oxidation sites excluding steroid dienone is 1. The van der Waals surface area contributed by atoms with Crippen molar-refractivity contribution >= 4 is 54.9 Å². The molecule has 0 aromatic heterocycles. The van der Waals surface area contributed by atoms with Gasteiger partial charge < -0.3 is 9.64 Å². The van der Waals surface area contributed by atoms with E-state index in [-0.39, 0.29) is 37.2 Å². The third-order valence-electron chi connectivity index (χ3n) is 5.97. The number of nitriles is 1. The molecular weight excluding hydrogens is 554 g/mol. The molecule has 1 aliphatic heterocycles. The summed E-state index contributed by atoms with van der Waals surface area (Å²) >= 11 is 9.65. The number of unbranched alkanes of at least 4 members (excludes halogenated alkanes) is 1. The van der Waals surface area contributed by atoms with E-state index in [9.17, 15) is 18.5 Å². The van der Waals surface area contributed by atoms with Crippen molar-refractivity contribution in [1.29, 1.82) is 5.26 Å². The van der Waals surface area contributed by atoms with Crippen molar-refractivity contribution in [2.45, 2.75) is 49.5 Å². The van der Waals surface area contributed by atoms with Crippen molar-refractivity contribution in [2.75, 3.05) is 23.3 Å². The number of sulfonamides is 1. The van der Waals surface area contributed by atoms with Gasteiger partial charge in [-0.05, 0) is 84.8 Å². The molecule has 1 atom stereocenters. The van der Waals surface area contributed by atoms with E-state index in [4.69, 9.17) is 16.3 Å². The van der Waals surface area contributed by atoms with Gasteiger partial charge in [-0.2, -0.15) is 5.26 Å². The first-order valence-electron chi connectivity index (χ1n) is 11.2. The van der Waals surface area contributed by atoms with Crippen LogP contribution in [-0.2, 0) is 14.8 Å². The van der Waals surface area contributed by atoms with Gasteiger partial charge in [-0.1, -0.05) is 17.7 Å². The molecule has 0 spiro atoms. The maximum atomic E-state index is 13.5. The highest BCUT2D eigenvalue weighted by Gasteiger charge is 2.28. The standard InChI is InChI=1S/C25H27BrClN3O4S/c1-3-4-5-8-19-9-6-7-12-30(19)23-15-21(27)18(16-28)13-22(23)29-35(32,33)24-14-17(25(31)34-2)10-11-20(24)26/h3,10-11,13-15,19,29H,1,4-9,12H2,2H3/t19-/m1/s1. The van der Waals surface area contributed by atoms with Gasteiger partial charge >= 0.3 is 5.97 Å². The number of rotatable bonds is 9. The van der Waals surface area contributed by atoms with Crippen molar-refractivity contribution in [3.05, 3.63) is 63.6 Å². The highest BCUT2D eigenvalue weighted by molar-refractivity contribution is 9.10. The van der Waals surface area contributed by atoms with E-state index in [1.165, 1.54) is 31.4 Å². The molecule has 1 N–H and O–H groups in total. The van der Waals surface area contributed by atoms with Gasteiger partial charge in [0.1, 0.15) is 11.0 Å². The summed E-state index contributed by atoms with van der Waals surface area (Å²) in [5.74, 6) is -0.649. The van der Waals surface area contributed by atoms with Crippen LogP contribution in [0.15, 0.2) is 52.4 Å². The minimum Gasteiger partial charge on any atom is -0.465 e. The molecule has 186 valence electrons. The van der Waals surface area contributed by atoms with Crippen LogP contribution in [0.25, 0.3) is 0 Å². The maximum Gasteiger partial charge on any atom is 0.337 e. The predicted octanol–water partition coefficient (Wildman–Crippen LogP) is 6.28. The number of ether oxygens (including phenoxy) is 1. The zero-order chi connectivity index (χ0) is 25.6. The van der Waals surface area contributed by atoms with Crippen LogP contribution in [0.3, 0.4) is 0 Å². The van der Waals surface area contributed by atoms with Crippen LogP contribution < -0.4 is 9.62 Å². The van der Waals surface area contributed by atoms with Crippen molar-refractivity contribution in [2.24, 2.45) is 0 Å². The number of hydrogen-bond acceptors (Lipinski definition) is 6. The van der Waals surface area contributed by atoms with E-state index in [2.05, 4.69) is 32.1 Å². The quantitative estimate of drug-likeness (QED) is 0.213. The number of halogens is 2. The summed E-state index contributed by atoms with van der Waals surface area (Å²) in [4.78, 5) is 14.0. The van der Waals surface area contributed by atoms with E-state index >= 15 is 0 Å². The number of benzene rings is 2. The average molecular weight is 581 g/mol. The second kappa shape index (κ2) is 11.9. The largest absolute Gasteiger partial charge is 0.465 e. The van der Waals surface area contributed by atoms with Crippen LogP contribution in [0.2, 0.25) is 5.02 Å². The van der Waals surface area contributed by atoms with Crippen LogP contribution in [0, 0.1) is 11.3 Å². The van der Waals surface area contributed by atoms with Crippen molar-refractivity contribution in [3.63, 3.8) is 0 Å². The molecule has 7 nitrogen and oxygen atoms in total. The molecule has 0 bridgehead atoms. The molecule has 0 radical (unpaired) electrons. The molecule has 2 aromatic carbocycles. The van der Waals surface area contributed by atoms with Crippen LogP contribution in [0.5, 0.6) is 0 Å². The number of anilines is 2. The van der Waals surface area contributed by atoms with Crippen molar-refractivity contribution < 1.29 is 17.9 Å². The monoisotopic (exact) mass is 579 g/mol. The summed E-state index contributed by atoms with van der Waals surface area (Å²) in [5.41, 5.74) is 1.15. The Hall–Kier alpha value is -2.54. The van der Waals surface area contributed by atoms with Gasteiger partial charge in [0.2, 0.25) is 0 Å². The lowest BCUT2D eigenvalue weighted by molar-refractivity contribution is 0.0600. The lowest BCUT2D eigenvalue weighted by Gasteiger charge is -2.39. The average Bonchev–Trinajstić information content (AvgIpc) is 2.85. The van der Waals surface area contributed by atoms with Gasteiger partial charge in [0.25, 0.3) is 10.0 Å². The summed E-state index contributed by atoms with van der Waals surface area (Å²) in [7, 11) is -2.92. The third-order valence-corrected chi connectivity index (χ3v) is 8.65. The van der Waals surface area contributed by atoms with E-state index in [0.717, 1.165) is 45.1 Å². The van der Waals surface area contributed by atoms with Crippen molar-refractivity contribution in [1.82, 2.24) is 0 Å². The molecule has 35 heavy (non-hydrogen) atoms. The number of nitrogens with one attached hydrogen (secondary N) is 1. The van der Waals surface area contributed by atoms with Gasteiger partial charge in [0.15, 0.2) is 0 Å². The van der Waals surface area contributed by atoms with E-state index in [0.29, 0.717) is 5.69 Å². The zero-order valence-corrected chi connectivity index (χ0v) is 22.5. The highest BCUT2D eigenvalue weighted by atomic mass is 79.9. The van der Waals surface area contributed by atoms with Gasteiger partial charge in [-0.3, -0.25) is 4.72 Å². The first-order valence-corrected chi connectivity index (χ1v) is 13.9. The van der Waals surface area contributed by atoms with Crippen LogP contribution in [0.4, 0.5) is 11.4 Å². The Morgan fingerprint density at radius 2 is 2.14 bits per heavy atom. The normalized spacial score (nSPS) is 15.8. The number of nitrogens with zero attached hydrogens (tertiary/aromatic N) is 2. The van der Waals surface area contributed by atoms with Gasteiger partial charge in [0.05, 0.1) is 34.6 Å². The molecule has 0 amide bonds. The van der Waals surface area contributed by atoms with Gasteiger partial charge in [-0.25, -0.2) is 13.2 Å². The fourth-order valence-electron chi connectivity index (χ4n) is 4.24. The summed E-state index contributed by atoms with van der Waals surface area (Å²) < 4.78 is 34.6. The predicted molar refractivity (Wildman–Crippen MR) is 141 cm³/mol. The summed E-state index contributed by atoms with van der Waals surface area (Å²) in [6, 6.07) is 9.55. The fraction of sp³-hybridized carbons (Fsp3) is 0.360. The number of methoxy groups -OCH3 is 1. The van der Waals surface area contributed by atoms with Crippen LogP contribution >= 0.6 is 27.5 Å². The molecule has 0 unspecified atom stereocenters. The summed E-state index contributed by atoms with van der Waals surface area (Å²) in [6.07, 6.45) is 7.75. The topological polar surface area (TPSA) is 99.5 Å². The Balaban J connectivity index is 2.05. The molecule has 3 rings (SSSR count). The Kier molecular flexibility index (Phi) is 9.22. The fourth-order valence-corrected chi connectivity index (χ4v) is 6.49. The number of esters is 1. The molecule has 1 saturated heterocycles. The second-order valence-electron chi connectivity index (χ2n) is 8.27. The van der Waals surface area contributed by atoms with E-state index in [1.807, 2.05) is 12.1 Å².